The molecule has 0 aliphatic carbocycles. The third kappa shape index (κ3) is 3.34. The maximum atomic E-state index is 11.9. The maximum Gasteiger partial charge on any atom is 0.472 e. The third-order valence-corrected chi connectivity index (χ3v) is 5.33. The molecule has 27 heavy (non-hydrogen) atoms. The highest BCUT2D eigenvalue weighted by molar-refractivity contribution is 7.47. The average Bonchev–Trinajstić information content (AvgIpc) is 3.25. The molecule has 2 saturated heterocycles. The van der Waals surface area contributed by atoms with Crippen molar-refractivity contribution in [3.05, 3.63) is 23.0 Å². The number of aromatic amines is 1. The molecule has 4 rings (SSSR count). The van der Waals surface area contributed by atoms with Crippen molar-refractivity contribution in [1.29, 1.82) is 0 Å². The van der Waals surface area contributed by atoms with Gasteiger partial charge in [-0.2, -0.15) is 0 Å². The van der Waals surface area contributed by atoms with Crippen molar-refractivity contribution < 1.29 is 32.7 Å². The molecular formula is C14H19N4O8P. The minimum Gasteiger partial charge on any atom is -0.347 e. The lowest BCUT2D eigenvalue weighted by Crippen LogP contribution is -2.32. The molecular weight excluding hydrogens is 383 g/mol. The Balaban J connectivity index is 1.66. The van der Waals surface area contributed by atoms with Crippen LogP contribution < -0.4 is 5.56 Å². The molecule has 0 aromatic carbocycles. The summed E-state index contributed by atoms with van der Waals surface area (Å²) in [5, 5.41) is 0. The first-order valence-electron chi connectivity index (χ1n) is 8.15. The molecule has 0 radical (unpaired) electrons. The van der Waals surface area contributed by atoms with E-state index in [4.69, 9.17) is 18.7 Å². The fraction of sp³-hybridized carbons (Fsp3) is 0.643. The van der Waals surface area contributed by atoms with Gasteiger partial charge in [-0.25, -0.2) is 14.5 Å². The first-order chi connectivity index (χ1) is 12.7. The van der Waals surface area contributed by atoms with Crippen LogP contribution in [0.3, 0.4) is 0 Å². The number of phosphoric acid groups is 1. The number of H-pyrrole nitrogens is 1. The average molecular weight is 402 g/mol. The van der Waals surface area contributed by atoms with E-state index < -0.39 is 38.1 Å². The van der Waals surface area contributed by atoms with E-state index in [1.165, 1.54) is 12.7 Å². The molecule has 4 heterocycles. The summed E-state index contributed by atoms with van der Waals surface area (Å²) in [6.07, 6.45) is 0.140. The van der Waals surface area contributed by atoms with Crippen molar-refractivity contribution in [1.82, 2.24) is 19.5 Å². The molecule has 5 atom stereocenters. The van der Waals surface area contributed by atoms with Crippen molar-refractivity contribution in [2.24, 2.45) is 0 Å². The van der Waals surface area contributed by atoms with E-state index in [1.54, 1.807) is 18.4 Å². The fourth-order valence-electron chi connectivity index (χ4n) is 3.29. The Morgan fingerprint density at radius 1 is 1.37 bits per heavy atom. The molecule has 0 amide bonds. The Kier molecular flexibility index (Phi) is 4.47. The summed E-state index contributed by atoms with van der Waals surface area (Å²) in [5.74, 6) is -0.888. The predicted octanol–water partition coefficient (Wildman–Crippen LogP) is 0.300. The zero-order valence-corrected chi connectivity index (χ0v) is 15.7. The number of ether oxygens (including phenoxy) is 3. The maximum absolute atomic E-state index is 11.9. The quantitative estimate of drug-likeness (QED) is 0.669. The van der Waals surface area contributed by atoms with E-state index >= 15 is 0 Å². The van der Waals surface area contributed by atoms with Crippen LogP contribution in [0.2, 0.25) is 0 Å². The van der Waals surface area contributed by atoms with Crippen LogP contribution in [0.15, 0.2) is 17.4 Å². The summed E-state index contributed by atoms with van der Waals surface area (Å²) in [6, 6.07) is 0. The molecule has 2 aromatic heterocycles. The summed E-state index contributed by atoms with van der Waals surface area (Å²) in [7, 11) is -3.10. The number of fused-ring (bicyclic) bond motifs is 2. The monoisotopic (exact) mass is 402 g/mol. The molecule has 0 saturated carbocycles. The molecule has 13 heteroatoms. The van der Waals surface area contributed by atoms with Gasteiger partial charge in [-0.05, 0) is 13.8 Å². The van der Waals surface area contributed by atoms with Gasteiger partial charge in [-0.1, -0.05) is 0 Å². The Morgan fingerprint density at radius 2 is 2.11 bits per heavy atom. The number of nitrogens with one attached hydrogen (secondary N) is 1. The number of hydrogen-bond donors (Lipinski definition) is 2. The Hall–Kier alpha value is -1.66. The lowest BCUT2D eigenvalue weighted by molar-refractivity contribution is -0.199. The van der Waals surface area contributed by atoms with E-state index in [2.05, 4.69) is 19.5 Å². The van der Waals surface area contributed by atoms with E-state index in [0.717, 1.165) is 7.11 Å². The molecule has 2 aliphatic rings. The number of hydrogen-bond acceptors (Lipinski definition) is 9. The van der Waals surface area contributed by atoms with E-state index in [1.807, 2.05) is 0 Å². The molecule has 0 bridgehead atoms. The molecule has 2 aromatic rings. The Morgan fingerprint density at radius 3 is 2.85 bits per heavy atom. The van der Waals surface area contributed by atoms with Crippen molar-refractivity contribution in [3.8, 4) is 0 Å². The van der Waals surface area contributed by atoms with Gasteiger partial charge < -0.3 is 24.1 Å². The second-order valence-electron chi connectivity index (χ2n) is 6.63. The second kappa shape index (κ2) is 6.45. The van der Waals surface area contributed by atoms with Gasteiger partial charge in [-0.15, -0.1) is 0 Å². The highest BCUT2D eigenvalue weighted by atomic mass is 31.2. The van der Waals surface area contributed by atoms with Crippen LogP contribution in [0.1, 0.15) is 20.1 Å². The van der Waals surface area contributed by atoms with Gasteiger partial charge in [0.15, 0.2) is 23.2 Å². The SMILES string of the molecule is COP(=O)(O)OCC1OC(n2cnc3c(=O)[nH]cnc32)C2OC(C)(C)OC12. The number of phosphoric ester groups is 1. The number of imidazole rings is 1. The molecule has 2 aliphatic heterocycles. The van der Waals surface area contributed by atoms with Crippen LogP contribution >= 0.6 is 7.82 Å². The van der Waals surface area contributed by atoms with Gasteiger partial charge in [0.2, 0.25) is 0 Å². The number of rotatable bonds is 5. The van der Waals surface area contributed by atoms with Crippen LogP contribution in [-0.2, 0) is 27.8 Å². The van der Waals surface area contributed by atoms with E-state index in [9.17, 15) is 14.3 Å². The first kappa shape index (κ1) is 18.7. The molecule has 2 N–H and O–H groups in total. The van der Waals surface area contributed by atoms with Gasteiger partial charge in [0.25, 0.3) is 5.56 Å². The van der Waals surface area contributed by atoms with Crippen LogP contribution in [0, 0.1) is 0 Å². The molecule has 2 fully saturated rings. The van der Waals surface area contributed by atoms with Crippen LogP contribution in [0.5, 0.6) is 0 Å². The van der Waals surface area contributed by atoms with Crippen LogP contribution in [0.4, 0.5) is 0 Å². The van der Waals surface area contributed by atoms with Gasteiger partial charge in [0.05, 0.1) is 19.3 Å². The molecule has 0 spiro atoms. The van der Waals surface area contributed by atoms with Gasteiger partial charge in [0, 0.05) is 7.11 Å². The van der Waals surface area contributed by atoms with Crippen molar-refractivity contribution >= 4 is 19.0 Å². The molecule has 12 nitrogen and oxygen atoms in total. The van der Waals surface area contributed by atoms with Crippen molar-refractivity contribution in [2.75, 3.05) is 13.7 Å². The Labute approximate surface area is 153 Å². The van der Waals surface area contributed by atoms with E-state index in [-0.39, 0.29) is 17.7 Å². The molecule has 5 unspecified atom stereocenters. The van der Waals surface area contributed by atoms with Gasteiger partial charge in [0.1, 0.15) is 18.3 Å². The third-order valence-electron chi connectivity index (χ3n) is 4.40. The van der Waals surface area contributed by atoms with Crippen molar-refractivity contribution in [3.63, 3.8) is 0 Å². The summed E-state index contributed by atoms with van der Waals surface area (Å²) < 4.78 is 40.3. The summed E-state index contributed by atoms with van der Waals surface area (Å²) in [4.78, 5) is 32.0. The van der Waals surface area contributed by atoms with Crippen molar-refractivity contribution in [2.45, 2.75) is 44.2 Å². The minimum atomic E-state index is -4.17. The zero-order valence-electron chi connectivity index (χ0n) is 14.8. The second-order valence-corrected chi connectivity index (χ2v) is 8.19. The highest BCUT2D eigenvalue weighted by Crippen LogP contribution is 2.47. The van der Waals surface area contributed by atoms with Gasteiger partial charge in [-0.3, -0.25) is 18.4 Å². The van der Waals surface area contributed by atoms with Crippen LogP contribution in [-0.4, -0.2) is 62.2 Å². The topological polar surface area (TPSA) is 147 Å². The van der Waals surface area contributed by atoms with E-state index in [0.29, 0.717) is 5.65 Å². The lowest BCUT2D eigenvalue weighted by atomic mass is 10.1. The summed E-state index contributed by atoms with van der Waals surface area (Å²) >= 11 is 0. The number of nitrogens with zero attached hydrogens (tertiary/aromatic N) is 3. The smallest absolute Gasteiger partial charge is 0.347 e. The normalized spacial score (nSPS) is 31.9. The minimum absolute atomic E-state index is 0.162. The van der Waals surface area contributed by atoms with Gasteiger partial charge >= 0.3 is 7.82 Å². The standard InChI is InChI=1S/C14H19N4O8P/c1-14(2)25-9-7(4-23-27(20,21)22-3)24-13(10(9)26-14)18-6-17-8-11(18)15-5-16-12(8)19/h5-7,9-10,13H,4H2,1-3H3,(H,20,21)(H,15,16,19). The molecule has 148 valence electrons. The first-order valence-corrected chi connectivity index (χ1v) is 9.65. The predicted molar refractivity (Wildman–Crippen MR) is 88.7 cm³/mol. The summed E-state index contributed by atoms with van der Waals surface area (Å²) in [5.41, 5.74) is 0.107. The van der Waals surface area contributed by atoms with Crippen LogP contribution in [0.25, 0.3) is 11.2 Å². The Bertz CT molecular complexity index is 958. The largest absolute Gasteiger partial charge is 0.472 e. The fourth-order valence-corrected chi connectivity index (χ4v) is 3.73. The number of aromatic nitrogens is 4. The highest BCUT2D eigenvalue weighted by Gasteiger charge is 2.56. The summed E-state index contributed by atoms with van der Waals surface area (Å²) in [6.45, 7) is 3.25. The zero-order chi connectivity index (χ0) is 19.4. The lowest BCUT2D eigenvalue weighted by Gasteiger charge is -2.24.